The van der Waals surface area contributed by atoms with Crippen molar-refractivity contribution in [2.24, 2.45) is 0 Å². The van der Waals surface area contributed by atoms with E-state index in [1.165, 1.54) is 0 Å². The van der Waals surface area contributed by atoms with Crippen LogP contribution in [0.1, 0.15) is 33.6 Å². The predicted molar refractivity (Wildman–Crippen MR) is 65.2 cm³/mol. The fourth-order valence-corrected chi connectivity index (χ4v) is 1.74. The summed E-state index contributed by atoms with van der Waals surface area (Å²) in [7, 11) is 0. The van der Waals surface area contributed by atoms with E-state index in [2.05, 4.69) is 10.1 Å². The molecule has 1 aliphatic rings. The second kappa shape index (κ2) is 5.81. The fourth-order valence-electron chi connectivity index (χ4n) is 1.74. The molecule has 3 amide bonds. The van der Waals surface area contributed by atoms with Gasteiger partial charge in [-0.05, 0) is 20.3 Å². The highest BCUT2D eigenvalue weighted by Crippen LogP contribution is 2.20. The van der Waals surface area contributed by atoms with Gasteiger partial charge in [0.15, 0.2) is 5.78 Å². The van der Waals surface area contributed by atoms with E-state index >= 15 is 0 Å². The summed E-state index contributed by atoms with van der Waals surface area (Å²) >= 11 is 0. The maximum Gasteiger partial charge on any atom is 0.325 e. The number of rotatable bonds is 6. The number of hydrogen-bond donors (Lipinski definition) is 1. The number of Topliss-reactive ketones (excluding diaryl/α,β-unsaturated/α-hetero) is 1. The molecule has 0 aromatic rings. The quantitative estimate of drug-likeness (QED) is 0.423. The number of imide groups is 1. The lowest BCUT2D eigenvalue weighted by atomic mass is 9.99. The molecule has 1 N–H and O–H groups in total. The van der Waals surface area contributed by atoms with E-state index in [-0.39, 0.29) is 6.61 Å². The Hall–Kier alpha value is -1.92. The van der Waals surface area contributed by atoms with Crippen LogP contribution in [0.15, 0.2) is 0 Å². The molecular weight excluding hydrogens is 252 g/mol. The van der Waals surface area contributed by atoms with Crippen molar-refractivity contribution in [2.45, 2.75) is 39.2 Å². The Balaban J connectivity index is 2.63. The van der Waals surface area contributed by atoms with Crippen LogP contribution >= 0.6 is 0 Å². The molecule has 1 aliphatic heterocycles. The van der Waals surface area contributed by atoms with Crippen molar-refractivity contribution in [3.05, 3.63) is 0 Å². The van der Waals surface area contributed by atoms with Crippen molar-refractivity contribution in [1.29, 1.82) is 0 Å². The first kappa shape index (κ1) is 15.1. The van der Waals surface area contributed by atoms with E-state index in [9.17, 15) is 19.2 Å². The van der Waals surface area contributed by atoms with Crippen LogP contribution in [0.4, 0.5) is 4.79 Å². The Morgan fingerprint density at radius 2 is 1.95 bits per heavy atom. The molecule has 0 saturated carbocycles. The fraction of sp³-hybridized carbons (Fsp3) is 0.667. The summed E-state index contributed by atoms with van der Waals surface area (Å²) in [4.78, 5) is 47.2. The zero-order chi connectivity index (χ0) is 14.6. The minimum atomic E-state index is -0.971. The Labute approximate surface area is 111 Å². The highest BCUT2D eigenvalue weighted by molar-refractivity contribution is 6.10. The van der Waals surface area contributed by atoms with Gasteiger partial charge in [-0.1, -0.05) is 6.92 Å². The van der Waals surface area contributed by atoms with Gasteiger partial charge in [0.25, 0.3) is 5.91 Å². The number of hydrogen-bond acceptors (Lipinski definition) is 5. The highest BCUT2D eigenvalue weighted by atomic mass is 16.5. The van der Waals surface area contributed by atoms with Gasteiger partial charge in [-0.25, -0.2) is 4.79 Å². The molecule has 0 aromatic carbocycles. The van der Waals surface area contributed by atoms with Gasteiger partial charge in [0.05, 0.1) is 13.2 Å². The SMILES string of the molecule is CCOC(=O)CC(=O)CN1C(=O)N[C@](C)(CC)C1=O. The Morgan fingerprint density at radius 1 is 1.32 bits per heavy atom. The third kappa shape index (κ3) is 3.30. The molecule has 1 atom stereocenters. The second-order valence-corrected chi connectivity index (χ2v) is 4.53. The molecule has 1 fully saturated rings. The summed E-state index contributed by atoms with van der Waals surface area (Å²) in [6.07, 6.45) is -0.00607. The molecule has 0 radical (unpaired) electrons. The zero-order valence-corrected chi connectivity index (χ0v) is 11.3. The number of nitrogens with one attached hydrogen (secondary N) is 1. The van der Waals surface area contributed by atoms with E-state index < -0.39 is 42.2 Å². The average molecular weight is 270 g/mol. The van der Waals surface area contributed by atoms with Crippen LogP contribution in [0, 0.1) is 0 Å². The number of ether oxygens (including phenoxy) is 1. The monoisotopic (exact) mass is 270 g/mol. The van der Waals surface area contributed by atoms with Gasteiger partial charge in [0.1, 0.15) is 12.0 Å². The van der Waals surface area contributed by atoms with Crippen molar-refractivity contribution in [3.8, 4) is 0 Å². The van der Waals surface area contributed by atoms with Crippen LogP contribution in [0.25, 0.3) is 0 Å². The second-order valence-electron chi connectivity index (χ2n) is 4.53. The lowest BCUT2D eigenvalue weighted by molar-refractivity contribution is -0.146. The smallest absolute Gasteiger partial charge is 0.325 e. The molecule has 106 valence electrons. The topological polar surface area (TPSA) is 92.8 Å². The minimum Gasteiger partial charge on any atom is -0.466 e. The Bertz CT molecular complexity index is 420. The van der Waals surface area contributed by atoms with Gasteiger partial charge in [-0.3, -0.25) is 19.3 Å². The normalized spacial score (nSPS) is 22.4. The van der Waals surface area contributed by atoms with E-state index in [4.69, 9.17) is 0 Å². The first-order valence-corrected chi connectivity index (χ1v) is 6.15. The van der Waals surface area contributed by atoms with Crippen molar-refractivity contribution in [1.82, 2.24) is 10.2 Å². The summed E-state index contributed by atoms with van der Waals surface area (Å²) in [5, 5.41) is 2.53. The van der Waals surface area contributed by atoms with E-state index in [1.54, 1.807) is 20.8 Å². The molecule has 7 nitrogen and oxygen atoms in total. The van der Waals surface area contributed by atoms with Crippen molar-refractivity contribution >= 4 is 23.7 Å². The van der Waals surface area contributed by atoms with Crippen LogP contribution in [0.5, 0.6) is 0 Å². The number of esters is 1. The number of ketones is 1. The molecular formula is C12H18N2O5. The molecule has 0 spiro atoms. The number of amides is 3. The van der Waals surface area contributed by atoms with Gasteiger partial charge in [0, 0.05) is 0 Å². The summed E-state index contributed by atoms with van der Waals surface area (Å²) < 4.78 is 4.63. The Kier molecular flexibility index (Phi) is 4.63. The molecule has 0 unspecified atom stereocenters. The third-order valence-electron chi connectivity index (χ3n) is 3.03. The van der Waals surface area contributed by atoms with E-state index in [0.29, 0.717) is 6.42 Å². The summed E-state index contributed by atoms with van der Waals surface area (Å²) in [6, 6.07) is -0.605. The maximum atomic E-state index is 12.0. The average Bonchev–Trinajstić information content (AvgIpc) is 2.54. The number of urea groups is 1. The lowest BCUT2D eigenvalue weighted by Crippen LogP contribution is -2.43. The van der Waals surface area contributed by atoms with E-state index in [1.807, 2.05) is 0 Å². The first-order chi connectivity index (χ1) is 8.84. The van der Waals surface area contributed by atoms with Crippen LogP contribution in [0.2, 0.25) is 0 Å². The Morgan fingerprint density at radius 3 is 2.42 bits per heavy atom. The van der Waals surface area contributed by atoms with Gasteiger partial charge in [0.2, 0.25) is 0 Å². The number of nitrogens with zero attached hydrogens (tertiary/aromatic N) is 1. The summed E-state index contributed by atoms with van der Waals surface area (Å²) in [6.45, 7) is 4.78. The van der Waals surface area contributed by atoms with Gasteiger partial charge in [-0.15, -0.1) is 0 Å². The summed E-state index contributed by atoms with van der Waals surface area (Å²) in [5.41, 5.74) is -0.971. The molecule has 0 bridgehead atoms. The molecule has 0 aliphatic carbocycles. The van der Waals surface area contributed by atoms with Crippen molar-refractivity contribution in [2.75, 3.05) is 13.2 Å². The molecule has 1 heterocycles. The summed E-state index contributed by atoms with van der Waals surface area (Å²) in [5.74, 6) is -1.63. The zero-order valence-electron chi connectivity index (χ0n) is 11.3. The van der Waals surface area contributed by atoms with Crippen LogP contribution < -0.4 is 5.32 Å². The number of carbonyl (C=O) groups is 4. The van der Waals surface area contributed by atoms with Crippen LogP contribution in [-0.2, 0) is 19.1 Å². The van der Waals surface area contributed by atoms with Gasteiger partial charge >= 0.3 is 12.0 Å². The molecule has 1 rings (SSSR count). The predicted octanol–water partition coefficient (Wildman–Crippen LogP) is 0.229. The molecule has 19 heavy (non-hydrogen) atoms. The van der Waals surface area contributed by atoms with Crippen LogP contribution in [-0.4, -0.2) is 47.3 Å². The maximum absolute atomic E-state index is 12.0. The highest BCUT2D eigenvalue weighted by Gasteiger charge is 2.46. The molecule has 1 saturated heterocycles. The van der Waals surface area contributed by atoms with E-state index in [0.717, 1.165) is 4.90 Å². The minimum absolute atomic E-state index is 0.184. The third-order valence-corrected chi connectivity index (χ3v) is 3.03. The van der Waals surface area contributed by atoms with Gasteiger partial charge in [-0.2, -0.15) is 0 Å². The van der Waals surface area contributed by atoms with Gasteiger partial charge < -0.3 is 10.1 Å². The largest absolute Gasteiger partial charge is 0.466 e. The standard InChI is InChI=1S/C12H18N2O5/c1-4-12(3)10(17)14(11(18)13-12)7-8(15)6-9(16)19-5-2/h4-7H2,1-3H3,(H,13,18)/t12-/m1/s1. The van der Waals surface area contributed by atoms with Crippen molar-refractivity contribution < 1.29 is 23.9 Å². The van der Waals surface area contributed by atoms with Crippen LogP contribution in [0.3, 0.4) is 0 Å². The van der Waals surface area contributed by atoms with Crippen molar-refractivity contribution in [3.63, 3.8) is 0 Å². The first-order valence-electron chi connectivity index (χ1n) is 6.15. The number of carbonyl (C=O) groups excluding carboxylic acids is 4. The molecule has 0 aromatic heterocycles. The molecule has 7 heteroatoms. The lowest BCUT2D eigenvalue weighted by Gasteiger charge is -2.18.